The highest BCUT2D eigenvalue weighted by molar-refractivity contribution is 6.08. The highest BCUT2D eigenvalue weighted by Gasteiger charge is 2.37. The molecule has 2 atom stereocenters. The Labute approximate surface area is 78.5 Å². The van der Waals surface area contributed by atoms with Gasteiger partial charge in [0.05, 0.1) is 7.85 Å². The summed E-state index contributed by atoms with van der Waals surface area (Å²) in [5.74, 6) is 0.849. The Balaban J connectivity index is 2.70. The fourth-order valence-corrected chi connectivity index (χ4v) is 3.31. The van der Waals surface area contributed by atoms with Crippen LogP contribution in [-0.2, 0) is 0 Å². The molecule has 2 unspecified atom stereocenters. The highest BCUT2D eigenvalue weighted by Crippen LogP contribution is 2.49. The van der Waals surface area contributed by atoms with Gasteiger partial charge in [0.25, 0.3) is 0 Å². The number of hydrogen-bond donors (Lipinski definition) is 0. The summed E-state index contributed by atoms with van der Waals surface area (Å²) < 4.78 is 0. The molecule has 1 fully saturated rings. The Kier molecular flexibility index (Phi) is 2.61. The molecule has 1 aliphatic rings. The normalized spacial score (nSPS) is 41.2. The summed E-state index contributed by atoms with van der Waals surface area (Å²) in [4.78, 5) is 0. The van der Waals surface area contributed by atoms with Gasteiger partial charge in [-0.2, -0.15) is 0 Å². The van der Waals surface area contributed by atoms with Crippen LogP contribution in [0.25, 0.3) is 0 Å². The SMILES string of the molecule is [B]CC1(C)CC(C)CC(C)(C)C1. The second-order valence-electron chi connectivity index (χ2n) is 5.87. The van der Waals surface area contributed by atoms with Gasteiger partial charge in [-0.25, -0.2) is 0 Å². The third kappa shape index (κ3) is 2.28. The quantitative estimate of drug-likeness (QED) is 0.521. The van der Waals surface area contributed by atoms with E-state index in [-0.39, 0.29) is 0 Å². The summed E-state index contributed by atoms with van der Waals surface area (Å²) in [6.45, 7) is 9.44. The maximum absolute atomic E-state index is 5.82. The molecule has 0 saturated heterocycles. The lowest BCUT2D eigenvalue weighted by Crippen LogP contribution is -2.34. The van der Waals surface area contributed by atoms with Crippen LogP contribution < -0.4 is 0 Å². The van der Waals surface area contributed by atoms with Crippen molar-refractivity contribution < 1.29 is 0 Å². The van der Waals surface area contributed by atoms with Crippen molar-refractivity contribution in [1.29, 1.82) is 0 Å². The van der Waals surface area contributed by atoms with Gasteiger partial charge in [-0.1, -0.05) is 34.0 Å². The Morgan fingerprint density at radius 2 is 1.83 bits per heavy atom. The molecule has 0 amide bonds. The van der Waals surface area contributed by atoms with Crippen molar-refractivity contribution in [1.82, 2.24) is 0 Å². The molecule has 0 heterocycles. The fourth-order valence-electron chi connectivity index (χ4n) is 3.31. The summed E-state index contributed by atoms with van der Waals surface area (Å²) in [7, 11) is 5.82. The monoisotopic (exact) mass is 164 g/mol. The molecular formula is C11H21B. The summed E-state index contributed by atoms with van der Waals surface area (Å²) >= 11 is 0. The maximum Gasteiger partial charge on any atom is 0.0660 e. The van der Waals surface area contributed by atoms with Gasteiger partial charge in [0.2, 0.25) is 0 Å². The predicted molar refractivity (Wildman–Crippen MR) is 55.5 cm³/mol. The molecule has 0 N–H and O–H groups in total. The lowest BCUT2D eigenvalue weighted by atomic mass is 9.57. The van der Waals surface area contributed by atoms with Crippen LogP contribution in [0.1, 0.15) is 47.0 Å². The van der Waals surface area contributed by atoms with E-state index >= 15 is 0 Å². The van der Waals surface area contributed by atoms with Crippen LogP contribution in [0.5, 0.6) is 0 Å². The molecule has 1 rings (SSSR count). The van der Waals surface area contributed by atoms with E-state index in [2.05, 4.69) is 27.7 Å². The van der Waals surface area contributed by atoms with Gasteiger partial charge in [0, 0.05) is 0 Å². The van der Waals surface area contributed by atoms with Crippen LogP contribution in [-0.4, -0.2) is 7.85 Å². The molecule has 0 spiro atoms. The molecule has 0 aromatic carbocycles. The Morgan fingerprint density at radius 3 is 2.25 bits per heavy atom. The van der Waals surface area contributed by atoms with Gasteiger partial charge >= 0.3 is 0 Å². The second-order valence-corrected chi connectivity index (χ2v) is 5.87. The maximum atomic E-state index is 5.82. The zero-order chi connectivity index (χ0) is 9.41. The molecular weight excluding hydrogens is 143 g/mol. The molecule has 1 aliphatic carbocycles. The van der Waals surface area contributed by atoms with Crippen molar-refractivity contribution in [3.8, 4) is 0 Å². The van der Waals surface area contributed by atoms with Gasteiger partial charge in [-0.05, 0) is 36.0 Å². The van der Waals surface area contributed by atoms with E-state index in [1.165, 1.54) is 19.3 Å². The minimum Gasteiger partial charge on any atom is -0.0834 e. The summed E-state index contributed by atoms with van der Waals surface area (Å²) in [5, 5.41) is 0. The molecule has 0 nitrogen and oxygen atoms in total. The fraction of sp³-hybridized carbons (Fsp3) is 1.00. The third-order valence-electron chi connectivity index (χ3n) is 3.14. The van der Waals surface area contributed by atoms with E-state index in [1.54, 1.807) is 0 Å². The molecule has 12 heavy (non-hydrogen) atoms. The van der Waals surface area contributed by atoms with Crippen LogP contribution >= 0.6 is 0 Å². The standard InChI is InChI=1S/C11H21B/c1-9-5-10(2,3)7-11(4,6-9)8-12/h9H,5-8H2,1-4H3. The topological polar surface area (TPSA) is 0 Å². The summed E-state index contributed by atoms with van der Waals surface area (Å²) in [5.41, 5.74) is 0.910. The van der Waals surface area contributed by atoms with Crippen LogP contribution in [0.15, 0.2) is 0 Å². The first-order valence-corrected chi connectivity index (χ1v) is 5.07. The summed E-state index contributed by atoms with van der Waals surface area (Å²) in [6, 6.07) is 0. The van der Waals surface area contributed by atoms with E-state index in [1.807, 2.05) is 0 Å². The Hall–Kier alpha value is 0.0649. The van der Waals surface area contributed by atoms with E-state index in [9.17, 15) is 0 Å². The van der Waals surface area contributed by atoms with Crippen molar-refractivity contribution in [2.24, 2.45) is 16.7 Å². The predicted octanol–water partition coefficient (Wildman–Crippen LogP) is 3.43. The Bertz CT molecular complexity index is 162. The zero-order valence-electron chi connectivity index (χ0n) is 8.98. The molecule has 0 aliphatic heterocycles. The van der Waals surface area contributed by atoms with Crippen LogP contribution in [0.3, 0.4) is 0 Å². The van der Waals surface area contributed by atoms with E-state index in [4.69, 9.17) is 7.85 Å². The van der Waals surface area contributed by atoms with Crippen LogP contribution in [0, 0.1) is 16.7 Å². The van der Waals surface area contributed by atoms with Crippen molar-refractivity contribution in [2.45, 2.75) is 53.3 Å². The molecule has 68 valence electrons. The highest BCUT2D eigenvalue weighted by atomic mass is 14.4. The second kappa shape index (κ2) is 3.08. The van der Waals surface area contributed by atoms with Gasteiger partial charge in [-0.3, -0.25) is 0 Å². The van der Waals surface area contributed by atoms with Crippen LogP contribution in [0.4, 0.5) is 0 Å². The average Bonchev–Trinajstić information content (AvgIpc) is 1.82. The largest absolute Gasteiger partial charge is 0.0834 e. The third-order valence-corrected chi connectivity index (χ3v) is 3.14. The molecule has 2 radical (unpaired) electrons. The minimum absolute atomic E-state index is 0.404. The number of hydrogen-bond acceptors (Lipinski definition) is 0. The lowest BCUT2D eigenvalue weighted by molar-refractivity contribution is 0.0758. The van der Waals surface area contributed by atoms with E-state index in [0.717, 1.165) is 12.2 Å². The molecule has 0 bridgehead atoms. The molecule has 1 heteroatoms. The van der Waals surface area contributed by atoms with Crippen molar-refractivity contribution >= 4 is 7.85 Å². The summed E-state index contributed by atoms with van der Waals surface area (Å²) in [6.07, 6.45) is 4.82. The van der Waals surface area contributed by atoms with Gasteiger partial charge in [-0.15, -0.1) is 0 Å². The first-order chi connectivity index (χ1) is 5.37. The first kappa shape index (κ1) is 10.1. The Morgan fingerprint density at radius 1 is 1.25 bits per heavy atom. The number of rotatable bonds is 1. The van der Waals surface area contributed by atoms with Gasteiger partial charge < -0.3 is 0 Å². The van der Waals surface area contributed by atoms with Crippen molar-refractivity contribution in [2.75, 3.05) is 0 Å². The molecule has 0 aromatic heterocycles. The zero-order valence-corrected chi connectivity index (χ0v) is 8.98. The van der Waals surface area contributed by atoms with Crippen molar-refractivity contribution in [3.63, 3.8) is 0 Å². The van der Waals surface area contributed by atoms with E-state index < -0.39 is 0 Å². The van der Waals surface area contributed by atoms with Crippen molar-refractivity contribution in [3.05, 3.63) is 0 Å². The van der Waals surface area contributed by atoms with Gasteiger partial charge in [0.15, 0.2) is 0 Å². The minimum atomic E-state index is 0.404. The molecule has 0 aromatic rings. The molecule has 1 saturated carbocycles. The average molecular weight is 164 g/mol. The van der Waals surface area contributed by atoms with Crippen LogP contribution in [0.2, 0.25) is 6.32 Å². The van der Waals surface area contributed by atoms with E-state index in [0.29, 0.717) is 10.8 Å². The first-order valence-electron chi connectivity index (χ1n) is 5.07. The lowest BCUT2D eigenvalue weighted by Gasteiger charge is -2.45. The smallest absolute Gasteiger partial charge is 0.0660 e. The van der Waals surface area contributed by atoms with Gasteiger partial charge in [0.1, 0.15) is 0 Å².